The SMILES string of the molecule is Cc1cc(C)cc(COc2cccc([C@@H](C)N)c2)c1. The summed E-state index contributed by atoms with van der Waals surface area (Å²) in [6, 6.07) is 14.5. The molecule has 0 aliphatic carbocycles. The lowest BCUT2D eigenvalue weighted by Gasteiger charge is -2.11. The molecule has 0 heterocycles. The predicted molar refractivity (Wildman–Crippen MR) is 79.3 cm³/mol. The molecule has 0 saturated heterocycles. The molecule has 0 spiro atoms. The average molecular weight is 255 g/mol. The summed E-state index contributed by atoms with van der Waals surface area (Å²) >= 11 is 0. The molecule has 0 aromatic heterocycles. The standard InChI is InChI=1S/C17H21NO/c1-12-7-13(2)9-15(8-12)11-19-17-6-4-5-16(10-17)14(3)18/h4-10,14H,11,18H2,1-3H3/t14-/m1/s1. The van der Waals surface area contributed by atoms with Gasteiger partial charge in [-0.3, -0.25) is 0 Å². The third kappa shape index (κ3) is 3.83. The first-order valence-electron chi connectivity index (χ1n) is 6.60. The molecule has 0 aliphatic heterocycles. The summed E-state index contributed by atoms with van der Waals surface area (Å²) in [7, 11) is 0. The van der Waals surface area contributed by atoms with E-state index >= 15 is 0 Å². The van der Waals surface area contributed by atoms with Crippen molar-refractivity contribution in [2.75, 3.05) is 0 Å². The van der Waals surface area contributed by atoms with E-state index in [0.29, 0.717) is 6.61 Å². The summed E-state index contributed by atoms with van der Waals surface area (Å²) in [5, 5.41) is 0. The number of aryl methyl sites for hydroxylation is 2. The number of nitrogens with two attached hydrogens (primary N) is 1. The lowest BCUT2D eigenvalue weighted by molar-refractivity contribution is 0.305. The van der Waals surface area contributed by atoms with Gasteiger partial charge in [-0.2, -0.15) is 0 Å². The van der Waals surface area contributed by atoms with Crippen molar-refractivity contribution in [3.8, 4) is 5.75 Å². The topological polar surface area (TPSA) is 35.2 Å². The third-order valence-corrected chi connectivity index (χ3v) is 3.07. The minimum Gasteiger partial charge on any atom is -0.489 e. The minimum atomic E-state index is 0.0322. The Bertz CT molecular complexity index is 541. The van der Waals surface area contributed by atoms with Gasteiger partial charge in [0, 0.05) is 6.04 Å². The van der Waals surface area contributed by atoms with Gasteiger partial charge >= 0.3 is 0 Å². The van der Waals surface area contributed by atoms with Crippen LogP contribution < -0.4 is 10.5 Å². The van der Waals surface area contributed by atoms with Crippen LogP contribution in [0.4, 0.5) is 0 Å². The molecule has 19 heavy (non-hydrogen) atoms. The first-order chi connectivity index (χ1) is 9.04. The van der Waals surface area contributed by atoms with Crippen LogP contribution in [0.3, 0.4) is 0 Å². The maximum Gasteiger partial charge on any atom is 0.120 e. The van der Waals surface area contributed by atoms with Gasteiger partial charge in [-0.05, 0) is 44.0 Å². The Morgan fingerprint density at radius 3 is 2.37 bits per heavy atom. The summed E-state index contributed by atoms with van der Waals surface area (Å²) < 4.78 is 5.84. The summed E-state index contributed by atoms with van der Waals surface area (Å²) in [4.78, 5) is 0. The molecule has 0 saturated carbocycles. The van der Waals surface area contributed by atoms with Crippen LogP contribution in [0.5, 0.6) is 5.75 Å². The van der Waals surface area contributed by atoms with Crippen molar-refractivity contribution in [1.29, 1.82) is 0 Å². The predicted octanol–water partition coefficient (Wildman–Crippen LogP) is 3.90. The van der Waals surface area contributed by atoms with Crippen LogP contribution in [0.1, 0.15) is 35.2 Å². The maximum atomic E-state index is 5.87. The Kier molecular flexibility index (Phi) is 4.23. The van der Waals surface area contributed by atoms with E-state index in [4.69, 9.17) is 10.5 Å². The van der Waals surface area contributed by atoms with Crippen LogP contribution in [-0.2, 0) is 6.61 Å². The van der Waals surface area contributed by atoms with Crippen LogP contribution in [0.15, 0.2) is 42.5 Å². The molecule has 2 N–H and O–H groups in total. The number of ether oxygens (including phenoxy) is 1. The highest BCUT2D eigenvalue weighted by Crippen LogP contribution is 2.19. The molecular weight excluding hydrogens is 234 g/mol. The van der Waals surface area contributed by atoms with E-state index < -0.39 is 0 Å². The number of benzene rings is 2. The summed E-state index contributed by atoms with van der Waals surface area (Å²) in [6.45, 7) is 6.77. The zero-order valence-electron chi connectivity index (χ0n) is 11.8. The van der Waals surface area contributed by atoms with E-state index in [1.54, 1.807) is 0 Å². The van der Waals surface area contributed by atoms with Crippen molar-refractivity contribution < 1.29 is 4.74 Å². The van der Waals surface area contributed by atoms with Crippen LogP contribution in [0, 0.1) is 13.8 Å². The van der Waals surface area contributed by atoms with E-state index in [1.165, 1.54) is 16.7 Å². The van der Waals surface area contributed by atoms with Gasteiger partial charge in [0.15, 0.2) is 0 Å². The van der Waals surface area contributed by atoms with Gasteiger partial charge in [0.25, 0.3) is 0 Å². The normalized spacial score (nSPS) is 12.2. The highest BCUT2D eigenvalue weighted by molar-refractivity contribution is 5.32. The average Bonchev–Trinajstić information content (AvgIpc) is 2.35. The van der Waals surface area contributed by atoms with Crippen molar-refractivity contribution in [1.82, 2.24) is 0 Å². The van der Waals surface area contributed by atoms with Gasteiger partial charge < -0.3 is 10.5 Å². The molecule has 0 bridgehead atoms. The van der Waals surface area contributed by atoms with Gasteiger partial charge in [-0.25, -0.2) is 0 Å². The highest BCUT2D eigenvalue weighted by Gasteiger charge is 2.02. The van der Waals surface area contributed by atoms with Crippen LogP contribution in [0.25, 0.3) is 0 Å². The van der Waals surface area contributed by atoms with Gasteiger partial charge in [0.2, 0.25) is 0 Å². The summed E-state index contributed by atoms with van der Waals surface area (Å²) in [5.41, 5.74) is 10.7. The summed E-state index contributed by atoms with van der Waals surface area (Å²) in [6.07, 6.45) is 0. The first-order valence-corrected chi connectivity index (χ1v) is 6.60. The Balaban J connectivity index is 2.07. The highest BCUT2D eigenvalue weighted by atomic mass is 16.5. The first kappa shape index (κ1) is 13.6. The van der Waals surface area contributed by atoms with E-state index in [2.05, 4.69) is 32.0 Å². The fraction of sp³-hybridized carbons (Fsp3) is 0.294. The zero-order chi connectivity index (χ0) is 13.8. The molecular formula is C17H21NO. The molecule has 0 amide bonds. The van der Waals surface area contributed by atoms with Gasteiger partial charge in [-0.1, -0.05) is 41.5 Å². The largest absolute Gasteiger partial charge is 0.489 e. The van der Waals surface area contributed by atoms with Crippen LogP contribution >= 0.6 is 0 Å². The number of hydrogen-bond donors (Lipinski definition) is 1. The fourth-order valence-electron chi connectivity index (χ4n) is 2.21. The maximum absolute atomic E-state index is 5.87. The lowest BCUT2D eigenvalue weighted by atomic mass is 10.1. The van der Waals surface area contributed by atoms with Crippen LogP contribution in [-0.4, -0.2) is 0 Å². The van der Waals surface area contributed by atoms with Gasteiger partial charge in [0.05, 0.1) is 0 Å². The van der Waals surface area contributed by atoms with E-state index in [9.17, 15) is 0 Å². The Hall–Kier alpha value is -1.80. The monoisotopic (exact) mass is 255 g/mol. The third-order valence-electron chi connectivity index (χ3n) is 3.07. The number of hydrogen-bond acceptors (Lipinski definition) is 2. The molecule has 0 aliphatic rings. The smallest absolute Gasteiger partial charge is 0.120 e. The minimum absolute atomic E-state index is 0.0322. The van der Waals surface area contributed by atoms with Crippen molar-refractivity contribution in [2.45, 2.75) is 33.4 Å². The Morgan fingerprint density at radius 1 is 1.05 bits per heavy atom. The molecule has 0 fully saturated rings. The second kappa shape index (κ2) is 5.89. The molecule has 2 rings (SSSR count). The van der Waals surface area contributed by atoms with E-state index in [-0.39, 0.29) is 6.04 Å². The molecule has 2 nitrogen and oxygen atoms in total. The van der Waals surface area contributed by atoms with Crippen molar-refractivity contribution in [3.05, 3.63) is 64.7 Å². The van der Waals surface area contributed by atoms with Gasteiger partial charge in [0.1, 0.15) is 12.4 Å². The lowest BCUT2D eigenvalue weighted by Crippen LogP contribution is -2.05. The fourth-order valence-corrected chi connectivity index (χ4v) is 2.21. The molecule has 2 aromatic carbocycles. The Morgan fingerprint density at radius 2 is 1.74 bits per heavy atom. The zero-order valence-corrected chi connectivity index (χ0v) is 11.8. The molecule has 0 radical (unpaired) electrons. The molecule has 0 unspecified atom stereocenters. The number of rotatable bonds is 4. The molecule has 100 valence electrons. The molecule has 2 heteroatoms. The summed E-state index contributed by atoms with van der Waals surface area (Å²) in [5.74, 6) is 0.869. The van der Waals surface area contributed by atoms with E-state index in [1.807, 2.05) is 31.2 Å². The van der Waals surface area contributed by atoms with E-state index in [0.717, 1.165) is 11.3 Å². The van der Waals surface area contributed by atoms with Crippen molar-refractivity contribution in [2.24, 2.45) is 5.73 Å². The van der Waals surface area contributed by atoms with Crippen molar-refractivity contribution >= 4 is 0 Å². The van der Waals surface area contributed by atoms with Gasteiger partial charge in [-0.15, -0.1) is 0 Å². The Labute approximate surface area is 115 Å². The molecule has 2 aromatic rings. The van der Waals surface area contributed by atoms with Crippen molar-refractivity contribution in [3.63, 3.8) is 0 Å². The van der Waals surface area contributed by atoms with Crippen LogP contribution in [0.2, 0.25) is 0 Å². The molecule has 1 atom stereocenters. The second-order valence-corrected chi connectivity index (χ2v) is 5.15. The second-order valence-electron chi connectivity index (χ2n) is 5.15. The quantitative estimate of drug-likeness (QED) is 0.899.